The van der Waals surface area contributed by atoms with Crippen LogP contribution in [0.5, 0.6) is 0 Å². The molecule has 2 heterocycles. The zero-order valence-corrected chi connectivity index (χ0v) is 14.6. The maximum Gasteiger partial charge on any atom is 0.241 e. The summed E-state index contributed by atoms with van der Waals surface area (Å²) < 4.78 is 31.1. The Balaban J connectivity index is 1.86. The smallest absolute Gasteiger partial charge is 0.241 e. The predicted octanol–water partition coefficient (Wildman–Crippen LogP) is 2.17. The van der Waals surface area contributed by atoms with Crippen molar-refractivity contribution >= 4 is 38.0 Å². The molecule has 0 aliphatic rings. The maximum atomic E-state index is 12.2. The number of sulfonamides is 1. The zero-order chi connectivity index (χ0) is 15.5. The summed E-state index contributed by atoms with van der Waals surface area (Å²) in [5.74, 6) is 0.799. The third kappa shape index (κ3) is 4.22. The lowest BCUT2D eigenvalue weighted by Crippen LogP contribution is -2.29. The Hall–Kier alpha value is -1.03. The van der Waals surface area contributed by atoms with Crippen molar-refractivity contribution in [2.75, 3.05) is 18.4 Å². The zero-order valence-electron chi connectivity index (χ0n) is 12.1. The van der Waals surface area contributed by atoms with Gasteiger partial charge in [0.1, 0.15) is 5.82 Å². The maximum absolute atomic E-state index is 12.2. The van der Waals surface area contributed by atoms with Crippen molar-refractivity contribution in [2.24, 2.45) is 0 Å². The normalized spacial score (nSPS) is 11.8. The van der Waals surface area contributed by atoms with Gasteiger partial charge in [-0.05, 0) is 19.9 Å². The molecule has 21 heavy (non-hydrogen) atoms. The van der Waals surface area contributed by atoms with Gasteiger partial charge in [-0.1, -0.05) is 6.92 Å². The lowest BCUT2D eigenvalue weighted by Gasteiger charge is -2.06. The number of aromatic nitrogens is 2. The average molecular weight is 347 g/mol. The summed E-state index contributed by atoms with van der Waals surface area (Å²) in [5, 5.41) is 3.78. The molecule has 2 aromatic rings. The summed E-state index contributed by atoms with van der Waals surface area (Å²) in [6.07, 6.45) is 0.793. The highest BCUT2D eigenvalue weighted by Crippen LogP contribution is 2.24. The minimum atomic E-state index is -3.44. The van der Waals surface area contributed by atoms with Gasteiger partial charge >= 0.3 is 0 Å². The minimum absolute atomic E-state index is 0.303. The predicted molar refractivity (Wildman–Crippen MR) is 86.8 cm³/mol. The first-order valence-corrected chi connectivity index (χ1v) is 9.63. The van der Waals surface area contributed by atoms with Crippen molar-refractivity contribution in [1.29, 1.82) is 0 Å². The highest BCUT2D eigenvalue weighted by molar-refractivity contribution is 7.89. The lowest BCUT2D eigenvalue weighted by molar-refractivity contribution is 0.582. The molecule has 0 amide bonds. The Labute approximate surface area is 132 Å². The van der Waals surface area contributed by atoms with Crippen molar-refractivity contribution in [3.63, 3.8) is 0 Å². The fourth-order valence-electron chi connectivity index (χ4n) is 1.78. The number of thiophene rings is 1. The van der Waals surface area contributed by atoms with Gasteiger partial charge in [-0.3, -0.25) is 0 Å². The molecule has 2 rings (SSSR count). The van der Waals surface area contributed by atoms with Gasteiger partial charge in [-0.15, -0.1) is 11.3 Å². The SMILES string of the molecule is CCc1nsc(NCCNS(=O)(=O)c2cc(C)sc2C)n1. The Bertz CT molecular complexity index is 706. The van der Waals surface area contributed by atoms with Crippen LogP contribution in [-0.2, 0) is 16.4 Å². The van der Waals surface area contributed by atoms with Crippen LogP contribution in [0.1, 0.15) is 22.5 Å². The molecule has 0 bridgehead atoms. The highest BCUT2D eigenvalue weighted by Gasteiger charge is 2.18. The van der Waals surface area contributed by atoms with Crippen LogP contribution in [0.2, 0.25) is 0 Å². The fourth-order valence-corrected chi connectivity index (χ4v) is 5.04. The molecule has 0 aromatic carbocycles. The van der Waals surface area contributed by atoms with Gasteiger partial charge in [0.25, 0.3) is 0 Å². The second-order valence-corrected chi connectivity index (χ2v) is 8.42. The molecule has 0 aliphatic heterocycles. The molecule has 6 nitrogen and oxygen atoms in total. The second-order valence-electron chi connectivity index (χ2n) is 4.47. The van der Waals surface area contributed by atoms with E-state index in [1.54, 1.807) is 6.07 Å². The Morgan fingerprint density at radius 1 is 1.29 bits per heavy atom. The Kier molecular flexibility index (Phi) is 5.31. The number of rotatable bonds is 7. The van der Waals surface area contributed by atoms with Crippen molar-refractivity contribution < 1.29 is 8.42 Å². The summed E-state index contributed by atoms with van der Waals surface area (Å²) >= 11 is 2.77. The number of anilines is 1. The number of aryl methyl sites for hydroxylation is 3. The van der Waals surface area contributed by atoms with Gasteiger partial charge in [0.05, 0.1) is 4.90 Å². The van der Waals surface area contributed by atoms with E-state index in [0.717, 1.165) is 22.0 Å². The topological polar surface area (TPSA) is 84.0 Å². The third-order valence-electron chi connectivity index (χ3n) is 2.76. The van der Waals surface area contributed by atoms with Crippen LogP contribution in [0.25, 0.3) is 0 Å². The molecule has 2 aromatic heterocycles. The molecule has 116 valence electrons. The van der Waals surface area contributed by atoms with E-state index in [1.165, 1.54) is 22.9 Å². The highest BCUT2D eigenvalue weighted by atomic mass is 32.2. The molecular weight excluding hydrogens is 328 g/mol. The van der Waals surface area contributed by atoms with E-state index in [0.29, 0.717) is 23.1 Å². The number of hydrogen-bond acceptors (Lipinski definition) is 7. The van der Waals surface area contributed by atoms with E-state index in [1.807, 2.05) is 20.8 Å². The number of nitrogens with zero attached hydrogens (tertiary/aromatic N) is 2. The standard InChI is InChI=1S/C12H18N4O2S3/c1-4-11-15-12(20-16-11)13-5-6-14-21(17,18)10-7-8(2)19-9(10)3/h7,14H,4-6H2,1-3H3,(H,13,15,16). The van der Waals surface area contributed by atoms with Crippen LogP contribution in [0.3, 0.4) is 0 Å². The monoisotopic (exact) mass is 346 g/mol. The quantitative estimate of drug-likeness (QED) is 0.751. The van der Waals surface area contributed by atoms with Crippen molar-refractivity contribution in [2.45, 2.75) is 32.1 Å². The first-order valence-electron chi connectivity index (χ1n) is 6.55. The van der Waals surface area contributed by atoms with Gasteiger partial charge < -0.3 is 5.32 Å². The van der Waals surface area contributed by atoms with Gasteiger partial charge in [0, 0.05) is 40.8 Å². The lowest BCUT2D eigenvalue weighted by atomic mass is 10.4. The van der Waals surface area contributed by atoms with Crippen molar-refractivity contribution in [3.05, 3.63) is 21.6 Å². The largest absolute Gasteiger partial charge is 0.359 e. The van der Waals surface area contributed by atoms with Gasteiger partial charge in [-0.25, -0.2) is 18.1 Å². The summed E-state index contributed by atoms with van der Waals surface area (Å²) in [6.45, 7) is 6.49. The first-order chi connectivity index (χ1) is 9.92. The van der Waals surface area contributed by atoms with Crippen molar-refractivity contribution in [3.8, 4) is 0 Å². The molecule has 0 saturated carbocycles. The molecule has 0 atom stereocenters. The summed E-state index contributed by atoms with van der Waals surface area (Å²) in [7, 11) is -3.44. The van der Waals surface area contributed by atoms with Gasteiger partial charge in [0.2, 0.25) is 15.2 Å². The third-order valence-corrected chi connectivity index (χ3v) is 6.16. The molecule has 0 aliphatic carbocycles. The van der Waals surface area contributed by atoms with E-state index >= 15 is 0 Å². The first kappa shape index (κ1) is 16.3. The summed E-state index contributed by atoms with van der Waals surface area (Å²) in [5.41, 5.74) is 0. The summed E-state index contributed by atoms with van der Waals surface area (Å²) in [6, 6.07) is 1.70. The van der Waals surface area contributed by atoms with E-state index < -0.39 is 10.0 Å². The molecule has 9 heteroatoms. The minimum Gasteiger partial charge on any atom is -0.359 e. The van der Waals surface area contributed by atoms with Gasteiger partial charge in [0.15, 0.2) is 0 Å². The fraction of sp³-hybridized carbons (Fsp3) is 0.500. The molecule has 0 unspecified atom stereocenters. The van der Waals surface area contributed by atoms with E-state index in [-0.39, 0.29) is 0 Å². The van der Waals surface area contributed by atoms with Crippen LogP contribution >= 0.6 is 22.9 Å². The van der Waals surface area contributed by atoms with Crippen LogP contribution < -0.4 is 10.0 Å². The van der Waals surface area contributed by atoms with E-state index in [2.05, 4.69) is 19.4 Å². The van der Waals surface area contributed by atoms with Gasteiger partial charge in [-0.2, -0.15) is 4.37 Å². The Morgan fingerprint density at radius 2 is 2.05 bits per heavy atom. The number of nitrogens with one attached hydrogen (secondary N) is 2. The van der Waals surface area contributed by atoms with Crippen LogP contribution in [0.4, 0.5) is 5.13 Å². The molecule has 2 N–H and O–H groups in total. The molecule has 0 fully saturated rings. The molecule has 0 spiro atoms. The van der Waals surface area contributed by atoms with Crippen LogP contribution in [0.15, 0.2) is 11.0 Å². The summed E-state index contributed by atoms with van der Waals surface area (Å²) in [4.78, 5) is 6.43. The molecule has 0 saturated heterocycles. The number of hydrogen-bond donors (Lipinski definition) is 2. The molecular formula is C12H18N4O2S3. The van der Waals surface area contributed by atoms with E-state index in [4.69, 9.17) is 0 Å². The average Bonchev–Trinajstić information content (AvgIpc) is 3.01. The van der Waals surface area contributed by atoms with Crippen LogP contribution in [0, 0.1) is 13.8 Å². The van der Waals surface area contributed by atoms with Crippen LogP contribution in [-0.4, -0.2) is 30.9 Å². The Morgan fingerprint density at radius 3 is 2.62 bits per heavy atom. The molecule has 0 radical (unpaired) electrons. The second kappa shape index (κ2) is 6.82. The van der Waals surface area contributed by atoms with E-state index in [9.17, 15) is 8.42 Å². The van der Waals surface area contributed by atoms with Crippen molar-refractivity contribution in [1.82, 2.24) is 14.1 Å².